The van der Waals surface area contributed by atoms with E-state index in [2.05, 4.69) is 10.4 Å². The van der Waals surface area contributed by atoms with Crippen molar-refractivity contribution in [2.75, 3.05) is 5.88 Å². The van der Waals surface area contributed by atoms with Gasteiger partial charge in [-0.15, -0.1) is 11.6 Å². The highest BCUT2D eigenvalue weighted by Gasteiger charge is 2.11. The van der Waals surface area contributed by atoms with Gasteiger partial charge in [-0.1, -0.05) is 11.6 Å². The minimum atomic E-state index is 0.280. The summed E-state index contributed by atoms with van der Waals surface area (Å²) in [6.45, 7) is 4.63. The normalized spacial score (nSPS) is 13.2. The van der Waals surface area contributed by atoms with E-state index in [0.29, 0.717) is 12.4 Å². The van der Waals surface area contributed by atoms with E-state index in [1.54, 1.807) is 4.68 Å². The average Bonchev–Trinajstić information content (AvgIpc) is 2.39. The third-order valence-electron chi connectivity index (χ3n) is 2.11. The largest absolute Gasteiger partial charge is 0.307 e. The fraction of sp³-hybridized carbons (Fsp3) is 0.667. The Morgan fingerprint density at radius 1 is 1.57 bits per heavy atom. The highest BCUT2D eigenvalue weighted by molar-refractivity contribution is 6.31. The van der Waals surface area contributed by atoms with Gasteiger partial charge >= 0.3 is 0 Å². The highest BCUT2D eigenvalue weighted by atomic mass is 35.5. The molecule has 1 N–H and O–H groups in total. The van der Waals surface area contributed by atoms with Gasteiger partial charge in [-0.3, -0.25) is 4.68 Å². The predicted molar refractivity (Wildman–Crippen MR) is 60.0 cm³/mol. The van der Waals surface area contributed by atoms with Gasteiger partial charge in [0.05, 0.1) is 16.4 Å². The summed E-state index contributed by atoms with van der Waals surface area (Å²) in [5.74, 6) is 0.592. The summed E-state index contributed by atoms with van der Waals surface area (Å²) in [6.07, 6.45) is 0. The molecule has 5 heteroatoms. The van der Waals surface area contributed by atoms with E-state index >= 15 is 0 Å². The van der Waals surface area contributed by atoms with Gasteiger partial charge in [0.25, 0.3) is 0 Å². The van der Waals surface area contributed by atoms with Crippen LogP contribution in [0.2, 0.25) is 5.02 Å². The first-order valence-electron chi connectivity index (χ1n) is 4.53. The van der Waals surface area contributed by atoms with Crippen LogP contribution in [0.5, 0.6) is 0 Å². The monoisotopic (exact) mass is 235 g/mol. The van der Waals surface area contributed by atoms with Crippen LogP contribution in [-0.4, -0.2) is 21.7 Å². The number of alkyl halides is 1. The third kappa shape index (κ3) is 2.62. The molecule has 0 saturated carbocycles. The first-order valence-corrected chi connectivity index (χ1v) is 5.44. The zero-order valence-corrected chi connectivity index (χ0v) is 10.2. The summed E-state index contributed by atoms with van der Waals surface area (Å²) < 4.78 is 1.80. The van der Waals surface area contributed by atoms with Crippen LogP contribution in [0.1, 0.15) is 18.3 Å². The second kappa shape index (κ2) is 5.01. The van der Waals surface area contributed by atoms with Crippen molar-refractivity contribution < 1.29 is 0 Å². The van der Waals surface area contributed by atoms with Crippen LogP contribution in [0.25, 0.3) is 0 Å². The van der Waals surface area contributed by atoms with Gasteiger partial charge in [-0.05, 0) is 13.8 Å². The van der Waals surface area contributed by atoms with Crippen molar-refractivity contribution in [1.29, 1.82) is 0 Å². The van der Waals surface area contributed by atoms with Gasteiger partial charge < -0.3 is 5.32 Å². The molecule has 0 radical (unpaired) electrons. The maximum Gasteiger partial charge on any atom is 0.0860 e. The first kappa shape index (κ1) is 11.8. The second-order valence-corrected chi connectivity index (χ2v) is 4.09. The van der Waals surface area contributed by atoms with Crippen molar-refractivity contribution in [2.45, 2.75) is 26.4 Å². The molecule has 0 aliphatic rings. The lowest BCUT2D eigenvalue weighted by Gasteiger charge is -2.10. The highest BCUT2D eigenvalue weighted by Crippen LogP contribution is 2.18. The summed E-state index contributed by atoms with van der Waals surface area (Å²) >= 11 is 11.8. The molecule has 0 bridgehead atoms. The van der Waals surface area contributed by atoms with E-state index < -0.39 is 0 Å². The van der Waals surface area contributed by atoms with Crippen LogP contribution in [0.15, 0.2) is 0 Å². The molecule has 1 aromatic rings. The molecule has 1 aromatic heterocycles. The van der Waals surface area contributed by atoms with Crippen molar-refractivity contribution in [3.8, 4) is 0 Å². The number of halogens is 2. The van der Waals surface area contributed by atoms with Crippen LogP contribution >= 0.6 is 23.2 Å². The smallest absolute Gasteiger partial charge is 0.0860 e. The van der Waals surface area contributed by atoms with E-state index in [1.807, 2.05) is 20.9 Å². The molecule has 1 unspecified atom stereocenters. The molecule has 0 spiro atoms. The number of rotatable bonds is 4. The van der Waals surface area contributed by atoms with Gasteiger partial charge in [0.1, 0.15) is 0 Å². The van der Waals surface area contributed by atoms with Crippen LogP contribution in [0.4, 0.5) is 0 Å². The van der Waals surface area contributed by atoms with Crippen molar-refractivity contribution in [3.63, 3.8) is 0 Å². The van der Waals surface area contributed by atoms with Crippen LogP contribution in [-0.2, 0) is 13.6 Å². The van der Waals surface area contributed by atoms with Crippen molar-refractivity contribution >= 4 is 23.2 Å². The number of nitrogens with one attached hydrogen (secondary N) is 1. The van der Waals surface area contributed by atoms with Crippen molar-refractivity contribution in [3.05, 3.63) is 16.4 Å². The van der Waals surface area contributed by atoms with Crippen LogP contribution in [0.3, 0.4) is 0 Å². The van der Waals surface area contributed by atoms with Crippen LogP contribution < -0.4 is 5.32 Å². The van der Waals surface area contributed by atoms with Crippen molar-refractivity contribution in [1.82, 2.24) is 15.1 Å². The first-order chi connectivity index (χ1) is 6.56. The SMILES string of the molecule is Cc1nn(C)c(CNC(C)CCl)c1Cl. The number of aromatic nitrogens is 2. The summed E-state index contributed by atoms with van der Waals surface area (Å²) in [7, 11) is 1.89. The number of hydrogen-bond acceptors (Lipinski definition) is 2. The van der Waals surface area contributed by atoms with Gasteiger partial charge in [-0.2, -0.15) is 5.10 Å². The zero-order valence-electron chi connectivity index (χ0n) is 8.64. The Hall–Kier alpha value is -0.250. The minimum absolute atomic E-state index is 0.280. The molecule has 0 amide bonds. The Bertz CT molecular complexity index is 309. The Balaban J connectivity index is 2.67. The summed E-state index contributed by atoms with van der Waals surface area (Å²) in [5, 5.41) is 8.23. The second-order valence-electron chi connectivity index (χ2n) is 3.41. The van der Waals surface area contributed by atoms with E-state index in [9.17, 15) is 0 Å². The summed E-state index contributed by atoms with van der Waals surface area (Å²) in [5.41, 5.74) is 1.87. The minimum Gasteiger partial charge on any atom is -0.307 e. The molecule has 1 rings (SSSR count). The molecular weight excluding hydrogens is 221 g/mol. The molecule has 80 valence electrons. The third-order valence-corrected chi connectivity index (χ3v) is 3.07. The Morgan fingerprint density at radius 3 is 2.64 bits per heavy atom. The fourth-order valence-electron chi connectivity index (χ4n) is 1.20. The molecule has 0 fully saturated rings. The molecule has 1 atom stereocenters. The van der Waals surface area contributed by atoms with Crippen LogP contribution in [0, 0.1) is 6.92 Å². The lowest BCUT2D eigenvalue weighted by molar-refractivity contribution is 0.563. The molecule has 0 aliphatic heterocycles. The molecular formula is C9H15Cl2N3. The molecule has 3 nitrogen and oxygen atoms in total. The molecule has 14 heavy (non-hydrogen) atoms. The van der Waals surface area contributed by atoms with Gasteiger partial charge in [0.15, 0.2) is 0 Å². The molecule has 1 heterocycles. The topological polar surface area (TPSA) is 29.9 Å². The zero-order chi connectivity index (χ0) is 10.7. The summed E-state index contributed by atoms with van der Waals surface area (Å²) in [6, 6.07) is 0.280. The van der Waals surface area contributed by atoms with E-state index in [1.165, 1.54) is 0 Å². The predicted octanol–water partition coefficient (Wildman–Crippen LogP) is 2.10. The standard InChI is InChI=1S/C9H15Cl2N3/c1-6(4-10)12-5-8-9(11)7(2)13-14(8)3/h6,12H,4-5H2,1-3H3. The van der Waals surface area contributed by atoms with E-state index in [-0.39, 0.29) is 6.04 Å². The lowest BCUT2D eigenvalue weighted by Crippen LogP contribution is -2.27. The summed E-state index contributed by atoms with van der Waals surface area (Å²) in [4.78, 5) is 0. The maximum absolute atomic E-state index is 6.08. The number of hydrogen-bond donors (Lipinski definition) is 1. The molecule has 0 aliphatic carbocycles. The van der Waals surface area contributed by atoms with Gasteiger partial charge in [0, 0.05) is 25.5 Å². The molecule has 0 aromatic carbocycles. The van der Waals surface area contributed by atoms with E-state index in [0.717, 1.165) is 16.4 Å². The fourth-order valence-corrected chi connectivity index (χ4v) is 1.53. The quantitative estimate of drug-likeness (QED) is 0.811. The number of aryl methyl sites for hydroxylation is 2. The van der Waals surface area contributed by atoms with E-state index in [4.69, 9.17) is 23.2 Å². The maximum atomic E-state index is 6.08. The number of nitrogens with zero attached hydrogens (tertiary/aromatic N) is 2. The molecule has 0 saturated heterocycles. The van der Waals surface area contributed by atoms with Crippen molar-refractivity contribution in [2.24, 2.45) is 7.05 Å². The average molecular weight is 236 g/mol. The lowest BCUT2D eigenvalue weighted by atomic mass is 10.3. The Morgan fingerprint density at radius 2 is 2.21 bits per heavy atom. The van der Waals surface area contributed by atoms with Gasteiger partial charge in [-0.25, -0.2) is 0 Å². The van der Waals surface area contributed by atoms with Gasteiger partial charge in [0.2, 0.25) is 0 Å². The Labute approximate surface area is 94.4 Å². The Kier molecular flexibility index (Phi) is 4.23.